The van der Waals surface area contributed by atoms with E-state index in [0.29, 0.717) is 13.1 Å². The Bertz CT molecular complexity index is 463. The molecule has 1 amide bonds. The van der Waals surface area contributed by atoms with Crippen LogP contribution in [0.25, 0.3) is 0 Å². The molecule has 0 aromatic heterocycles. The largest absolute Gasteiger partial charge is 0.351 e. The van der Waals surface area contributed by atoms with E-state index < -0.39 is 0 Å². The third kappa shape index (κ3) is 8.11. The average Bonchev–Trinajstić information content (AvgIpc) is 2.49. The van der Waals surface area contributed by atoms with Crippen molar-refractivity contribution in [2.75, 3.05) is 13.1 Å². The lowest BCUT2D eigenvalue weighted by Crippen LogP contribution is -2.33. The molecule has 0 aliphatic heterocycles. The van der Waals surface area contributed by atoms with E-state index in [1.54, 1.807) is 0 Å². The van der Waals surface area contributed by atoms with Crippen molar-refractivity contribution >= 4 is 5.91 Å². The topological polar surface area (TPSA) is 64.9 Å². The van der Waals surface area contributed by atoms with Gasteiger partial charge in [-0.15, -0.1) is 0 Å². The van der Waals surface area contributed by atoms with E-state index in [9.17, 15) is 4.79 Å². The van der Waals surface area contributed by atoms with E-state index >= 15 is 0 Å². The molecule has 1 rings (SSSR count). The Balaban J connectivity index is 2.03. The summed E-state index contributed by atoms with van der Waals surface area (Å²) in [6, 6.07) is 12.2. The highest BCUT2D eigenvalue weighted by atomic mass is 16.1. The van der Waals surface area contributed by atoms with Crippen LogP contribution in [0.4, 0.5) is 0 Å². The quantitative estimate of drug-likeness (QED) is 0.686. The highest BCUT2D eigenvalue weighted by Gasteiger charge is 2.15. The van der Waals surface area contributed by atoms with Gasteiger partial charge in [0.1, 0.15) is 0 Å². The van der Waals surface area contributed by atoms with Gasteiger partial charge in [0.15, 0.2) is 0 Å². The van der Waals surface area contributed by atoms with Crippen LogP contribution >= 0.6 is 0 Å². The molecule has 0 aliphatic rings. The van der Waals surface area contributed by atoms with Gasteiger partial charge < -0.3 is 10.6 Å². The van der Waals surface area contributed by atoms with Crippen molar-refractivity contribution in [2.24, 2.45) is 5.41 Å². The molecule has 0 atom stereocenters. The third-order valence-corrected chi connectivity index (χ3v) is 3.33. The molecule has 4 heteroatoms. The van der Waals surface area contributed by atoms with Crippen molar-refractivity contribution in [1.82, 2.24) is 10.6 Å². The minimum absolute atomic E-state index is 0.0104. The van der Waals surface area contributed by atoms with Crippen LogP contribution in [0.2, 0.25) is 0 Å². The maximum absolute atomic E-state index is 11.6. The normalized spacial score (nSPS) is 10.9. The summed E-state index contributed by atoms with van der Waals surface area (Å²) >= 11 is 0. The molecule has 2 N–H and O–H groups in total. The molecule has 1 aromatic rings. The van der Waals surface area contributed by atoms with Crippen LogP contribution in [0.3, 0.4) is 0 Å². The first kappa shape index (κ1) is 17.2. The molecule has 21 heavy (non-hydrogen) atoms. The number of carbonyl (C=O) groups excluding carboxylic acids is 1. The van der Waals surface area contributed by atoms with Crippen LogP contribution in [0.15, 0.2) is 30.3 Å². The molecule has 0 saturated carbocycles. The van der Waals surface area contributed by atoms with Crippen LogP contribution in [-0.2, 0) is 11.3 Å². The molecule has 1 aromatic carbocycles. The Morgan fingerprint density at radius 3 is 2.62 bits per heavy atom. The number of hydrogen-bond donors (Lipinski definition) is 2. The van der Waals surface area contributed by atoms with Gasteiger partial charge in [-0.25, -0.2) is 0 Å². The second-order valence-electron chi connectivity index (χ2n) is 5.89. The van der Waals surface area contributed by atoms with Crippen molar-refractivity contribution < 1.29 is 4.79 Å². The molecule has 0 spiro atoms. The summed E-state index contributed by atoms with van der Waals surface area (Å²) in [5, 5.41) is 14.9. The summed E-state index contributed by atoms with van der Waals surface area (Å²) in [4.78, 5) is 11.6. The third-order valence-electron chi connectivity index (χ3n) is 3.33. The molecule has 0 bridgehead atoms. The predicted molar refractivity (Wildman–Crippen MR) is 84.4 cm³/mol. The fourth-order valence-electron chi connectivity index (χ4n) is 1.93. The van der Waals surface area contributed by atoms with Crippen LogP contribution in [0.1, 0.15) is 38.7 Å². The molecule has 0 radical (unpaired) electrons. The van der Waals surface area contributed by atoms with Gasteiger partial charge in [-0.1, -0.05) is 36.8 Å². The van der Waals surface area contributed by atoms with Gasteiger partial charge in [-0.05, 0) is 38.8 Å². The number of amides is 1. The van der Waals surface area contributed by atoms with Gasteiger partial charge in [0.25, 0.3) is 0 Å². The van der Waals surface area contributed by atoms with Gasteiger partial charge in [0, 0.05) is 6.54 Å². The molecule has 0 heterocycles. The molecule has 0 saturated heterocycles. The van der Waals surface area contributed by atoms with Gasteiger partial charge in [0.05, 0.1) is 18.0 Å². The van der Waals surface area contributed by atoms with Crippen molar-refractivity contribution in [3.8, 4) is 6.07 Å². The zero-order valence-corrected chi connectivity index (χ0v) is 13.0. The number of nitrogens with one attached hydrogen (secondary N) is 2. The molecule has 0 unspecified atom stereocenters. The Hall–Kier alpha value is -1.86. The van der Waals surface area contributed by atoms with Crippen molar-refractivity contribution in [3.63, 3.8) is 0 Å². The summed E-state index contributed by atoms with van der Waals surface area (Å²) in [6.45, 7) is 5.63. The predicted octanol–water partition coefficient (Wildman–Crippen LogP) is 2.61. The van der Waals surface area contributed by atoms with E-state index in [-0.39, 0.29) is 11.3 Å². The summed E-state index contributed by atoms with van der Waals surface area (Å²) < 4.78 is 0. The fourth-order valence-corrected chi connectivity index (χ4v) is 1.93. The van der Waals surface area contributed by atoms with Gasteiger partial charge >= 0.3 is 0 Å². The van der Waals surface area contributed by atoms with Crippen molar-refractivity contribution in [2.45, 2.75) is 39.7 Å². The van der Waals surface area contributed by atoms with Crippen LogP contribution < -0.4 is 10.6 Å². The molecular formula is C17H25N3O. The van der Waals surface area contributed by atoms with E-state index in [4.69, 9.17) is 5.26 Å². The maximum Gasteiger partial charge on any atom is 0.234 e. The number of carbonyl (C=O) groups is 1. The van der Waals surface area contributed by atoms with E-state index in [1.807, 2.05) is 44.2 Å². The van der Waals surface area contributed by atoms with Crippen LogP contribution in [0.5, 0.6) is 0 Å². The van der Waals surface area contributed by atoms with Crippen molar-refractivity contribution in [3.05, 3.63) is 35.9 Å². The highest BCUT2D eigenvalue weighted by molar-refractivity contribution is 5.77. The smallest absolute Gasteiger partial charge is 0.234 e. The highest BCUT2D eigenvalue weighted by Crippen LogP contribution is 2.21. The number of nitrogens with zero attached hydrogens (tertiary/aromatic N) is 1. The summed E-state index contributed by atoms with van der Waals surface area (Å²) in [5.41, 5.74) is 0.858. The molecule has 114 valence electrons. The lowest BCUT2D eigenvalue weighted by molar-refractivity contribution is -0.120. The van der Waals surface area contributed by atoms with Crippen molar-refractivity contribution in [1.29, 1.82) is 5.26 Å². The lowest BCUT2D eigenvalue weighted by atomic mass is 9.89. The first-order valence-corrected chi connectivity index (χ1v) is 7.46. The second-order valence-corrected chi connectivity index (χ2v) is 5.89. The fraction of sp³-hybridized carbons (Fsp3) is 0.529. The van der Waals surface area contributed by atoms with Gasteiger partial charge in [-0.2, -0.15) is 5.26 Å². The minimum atomic E-state index is -0.243. The monoisotopic (exact) mass is 287 g/mol. The lowest BCUT2D eigenvalue weighted by Gasteiger charge is -2.14. The molecule has 0 aliphatic carbocycles. The molecular weight excluding hydrogens is 262 g/mol. The first-order chi connectivity index (χ1) is 10.0. The zero-order valence-electron chi connectivity index (χ0n) is 13.0. The summed E-state index contributed by atoms with van der Waals surface area (Å²) in [7, 11) is 0. The summed E-state index contributed by atoms with van der Waals surface area (Å²) in [6.07, 6.45) is 2.88. The maximum atomic E-state index is 11.6. The SMILES string of the molecule is CC(C)(C#N)CCCCNCC(=O)NCc1ccccc1. The van der Waals surface area contributed by atoms with E-state index in [0.717, 1.165) is 31.4 Å². The number of nitriles is 1. The molecule has 0 fully saturated rings. The Morgan fingerprint density at radius 2 is 1.95 bits per heavy atom. The molecule has 4 nitrogen and oxygen atoms in total. The summed E-state index contributed by atoms with van der Waals surface area (Å²) in [5.74, 6) is 0.0104. The Kier molecular flexibility index (Phi) is 7.49. The first-order valence-electron chi connectivity index (χ1n) is 7.46. The second kappa shape index (κ2) is 9.15. The average molecular weight is 287 g/mol. The number of unbranched alkanes of at least 4 members (excludes halogenated alkanes) is 1. The van der Waals surface area contributed by atoms with Gasteiger partial charge in [-0.3, -0.25) is 4.79 Å². The Labute approximate surface area is 127 Å². The number of rotatable bonds is 9. The van der Waals surface area contributed by atoms with Crippen LogP contribution in [-0.4, -0.2) is 19.0 Å². The van der Waals surface area contributed by atoms with E-state index in [1.165, 1.54) is 0 Å². The minimum Gasteiger partial charge on any atom is -0.351 e. The number of hydrogen-bond acceptors (Lipinski definition) is 3. The standard InChI is InChI=1S/C17H25N3O/c1-17(2,14-18)10-6-7-11-19-13-16(21)20-12-15-8-4-3-5-9-15/h3-5,8-9,19H,6-7,10-13H2,1-2H3,(H,20,21). The zero-order chi connectivity index (χ0) is 15.6. The van der Waals surface area contributed by atoms with Gasteiger partial charge in [0.2, 0.25) is 5.91 Å². The van der Waals surface area contributed by atoms with Crippen LogP contribution in [0, 0.1) is 16.7 Å². The van der Waals surface area contributed by atoms with E-state index in [2.05, 4.69) is 16.7 Å². The Morgan fingerprint density at radius 1 is 1.24 bits per heavy atom. The number of benzene rings is 1.